The van der Waals surface area contributed by atoms with Crippen LogP contribution >= 0.6 is 0 Å². The molecule has 1 saturated heterocycles. The van der Waals surface area contributed by atoms with E-state index in [-0.39, 0.29) is 5.91 Å². The molecule has 2 rings (SSSR count). The van der Waals surface area contributed by atoms with Gasteiger partial charge < -0.3 is 11.1 Å². The molecule has 0 spiro atoms. The molecule has 2 aliphatic rings. The van der Waals surface area contributed by atoms with Gasteiger partial charge in [0.05, 0.1) is 6.54 Å². The predicted molar refractivity (Wildman–Crippen MR) is 77.8 cm³/mol. The zero-order chi connectivity index (χ0) is 13.7. The Morgan fingerprint density at radius 2 is 2.00 bits per heavy atom. The van der Waals surface area contributed by atoms with Crippen LogP contribution in [0.3, 0.4) is 0 Å². The number of nitrogens with two attached hydrogens (primary N) is 1. The normalized spacial score (nSPS) is 30.2. The summed E-state index contributed by atoms with van der Waals surface area (Å²) in [6, 6.07) is 0.431. The fourth-order valence-corrected chi connectivity index (χ4v) is 3.50. The Kier molecular flexibility index (Phi) is 5.64. The average molecular weight is 267 g/mol. The molecule has 1 amide bonds. The first-order valence-corrected chi connectivity index (χ1v) is 7.91. The van der Waals surface area contributed by atoms with Gasteiger partial charge in [0, 0.05) is 12.6 Å². The van der Waals surface area contributed by atoms with Crippen LogP contribution in [0.1, 0.15) is 45.4 Å². The van der Waals surface area contributed by atoms with Crippen LogP contribution in [-0.2, 0) is 4.79 Å². The molecule has 19 heavy (non-hydrogen) atoms. The molecule has 2 fully saturated rings. The molecule has 4 nitrogen and oxygen atoms in total. The first kappa shape index (κ1) is 14.8. The van der Waals surface area contributed by atoms with Crippen molar-refractivity contribution in [1.82, 2.24) is 10.2 Å². The van der Waals surface area contributed by atoms with Crippen molar-refractivity contribution in [2.45, 2.75) is 51.5 Å². The zero-order valence-corrected chi connectivity index (χ0v) is 12.2. The minimum Gasteiger partial charge on any atom is -0.352 e. The summed E-state index contributed by atoms with van der Waals surface area (Å²) < 4.78 is 0. The largest absolute Gasteiger partial charge is 0.352 e. The van der Waals surface area contributed by atoms with E-state index in [4.69, 9.17) is 5.73 Å². The van der Waals surface area contributed by atoms with E-state index >= 15 is 0 Å². The van der Waals surface area contributed by atoms with Crippen LogP contribution in [0.5, 0.6) is 0 Å². The van der Waals surface area contributed by atoms with Crippen LogP contribution in [0.15, 0.2) is 0 Å². The summed E-state index contributed by atoms with van der Waals surface area (Å²) in [5.74, 6) is 1.46. The van der Waals surface area contributed by atoms with Crippen LogP contribution in [0.2, 0.25) is 0 Å². The van der Waals surface area contributed by atoms with Crippen molar-refractivity contribution >= 4 is 5.91 Å². The Bertz CT molecular complexity index is 289. The van der Waals surface area contributed by atoms with Crippen LogP contribution in [0.25, 0.3) is 0 Å². The SMILES string of the molecule is CC1CN(CC(=O)NC2CCCCC2)CCC1CN. The molecule has 4 heteroatoms. The summed E-state index contributed by atoms with van der Waals surface area (Å²) in [4.78, 5) is 14.3. The lowest BCUT2D eigenvalue weighted by atomic mass is 9.87. The maximum Gasteiger partial charge on any atom is 0.234 e. The number of amides is 1. The van der Waals surface area contributed by atoms with E-state index in [9.17, 15) is 4.79 Å². The number of nitrogens with one attached hydrogen (secondary N) is 1. The minimum absolute atomic E-state index is 0.213. The smallest absolute Gasteiger partial charge is 0.234 e. The van der Waals surface area contributed by atoms with Crippen LogP contribution in [0, 0.1) is 11.8 Å². The molecular weight excluding hydrogens is 238 g/mol. The van der Waals surface area contributed by atoms with E-state index in [0.717, 1.165) is 38.9 Å². The quantitative estimate of drug-likeness (QED) is 0.808. The van der Waals surface area contributed by atoms with Crippen molar-refractivity contribution in [3.8, 4) is 0 Å². The summed E-state index contributed by atoms with van der Waals surface area (Å²) in [5, 5.41) is 3.20. The second kappa shape index (κ2) is 7.25. The number of nitrogens with zero attached hydrogens (tertiary/aromatic N) is 1. The summed E-state index contributed by atoms with van der Waals surface area (Å²) in [6.07, 6.45) is 7.33. The van der Waals surface area contributed by atoms with Gasteiger partial charge in [-0.1, -0.05) is 26.2 Å². The number of hydrogen-bond donors (Lipinski definition) is 2. The van der Waals surface area contributed by atoms with Crippen molar-refractivity contribution < 1.29 is 4.79 Å². The Labute approximate surface area is 117 Å². The van der Waals surface area contributed by atoms with E-state index in [1.165, 1.54) is 19.3 Å². The highest BCUT2D eigenvalue weighted by atomic mass is 16.2. The average Bonchev–Trinajstić information content (AvgIpc) is 2.40. The third-order valence-corrected chi connectivity index (χ3v) is 4.81. The molecule has 0 aromatic heterocycles. The first-order valence-electron chi connectivity index (χ1n) is 7.91. The summed E-state index contributed by atoms with van der Waals surface area (Å²) in [7, 11) is 0. The van der Waals surface area contributed by atoms with E-state index in [2.05, 4.69) is 17.1 Å². The zero-order valence-electron chi connectivity index (χ0n) is 12.2. The van der Waals surface area contributed by atoms with Gasteiger partial charge in [0.15, 0.2) is 0 Å². The van der Waals surface area contributed by atoms with Gasteiger partial charge in [-0.3, -0.25) is 9.69 Å². The standard InChI is InChI=1S/C15H29N3O/c1-12-10-18(8-7-13(12)9-16)11-15(19)17-14-5-3-2-4-6-14/h12-14H,2-11,16H2,1H3,(H,17,19). The molecule has 0 bridgehead atoms. The number of carbonyl (C=O) groups excluding carboxylic acids is 1. The Hall–Kier alpha value is -0.610. The maximum atomic E-state index is 12.1. The lowest BCUT2D eigenvalue weighted by Gasteiger charge is -2.36. The maximum absolute atomic E-state index is 12.1. The molecule has 1 heterocycles. The molecule has 2 atom stereocenters. The van der Waals surface area contributed by atoms with Gasteiger partial charge in [-0.15, -0.1) is 0 Å². The lowest BCUT2D eigenvalue weighted by molar-refractivity contribution is -0.123. The summed E-state index contributed by atoms with van der Waals surface area (Å²) in [6.45, 7) is 5.63. The van der Waals surface area contributed by atoms with Crippen molar-refractivity contribution in [1.29, 1.82) is 0 Å². The molecule has 1 saturated carbocycles. The molecule has 0 radical (unpaired) electrons. The number of carbonyl (C=O) groups is 1. The highest BCUT2D eigenvalue weighted by Gasteiger charge is 2.26. The minimum atomic E-state index is 0.213. The van der Waals surface area contributed by atoms with E-state index in [1.807, 2.05) is 0 Å². The molecule has 1 aliphatic heterocycles. The number of piperidine rings is 1. The van der Waals surface area contributed by atoms with Gasteiger partial charge in [-0.05, 0) is 44.2 Å². The lowest BCUT2D eigenvalue weighted by Crippen LogP contribution is -2.48. The highest BCUT2D eigenvalue weighted by Crippen LogP contribution is 2.22. The predicted octanol–water partition coefficient (Wildman–Crippen LogP) is 1.35. The Morgan fingerprint density at radius 1 is 1.26 bits per heavy atom. The summed E-state index contributed by atoms with van der Waals surface area (Å²) >= 11 is 0. The van der Waals surface area contributed by atoms with Gasteiger partial charge in [0.1, 0.15) is 0 Å². The fourth-order valence-electron chi connectivity index (χ4n) is 3.50. The molecule has 2 unspecified atom stereocenters. The van der Waals surface area contributed by atoms with Crippen LogP contribution in [0.4, 0.5) is 0 Å². The third-order valence-electron chi connectivity index (χ3n) is 4.81. The van der Waals surface area contributed by atoms with Crippen molar-refractivity contribution in [3.63, 3.8) is 0 Å². The topological polar surface area (TPSA) is 58.4 Å². The van der Waals surface area contributed by atoms with Gasteiger partial charge in [0.2, 0.25) is 5.91 Å². The first-order chi connectivity index (χ1) is 9.19. The third kappa shape index (κ3) is 4.46. The van der Waals surface area contributed by atoms with Gasteiger partial charge >= 0.3 is 0 Å². The second-order valence-corrected chi connectivity index (χ2v) is 6.40. The van der Waals surface area contributed by atoms with Crippen molar-refractivity contribution in [3.05, 3.63) is 0 Å². The molecule has 1 aliphatic carbocycles. The van der Waals surface area contributed by atoms with Crippen LogP contribution < -0.4 is 11.1 Å². The second-order valence-electron chi connectivity index (χ2n) is 6.40. The van der Waals surface area contributed by atoms with Gasteiger partial charge in [-0.25, -0.2) is 0 Å². The Morgan fingerprint density at radius 3 is 2.63 bits per heavy atom. The number of hydrogen-bond acceptors (Lipinski definition) is 3. The van der Waals surface area contributed by atoms with Crippen LogP contribution in [-0.4, -0.2) is 43.0 Å². The fraction of sp³-hybridized carbons (Fsp3) is 0.933. The molecule has 0 aromatic carbocycles. The highest BCUT2D eigenvalue weighted by molar-refractivity contribution is 5.78. The molecular formula is C15H29N3O. The monoisotopic (exact) mass is 267 g/mol. The number of likely N-dealkylation sites (tertiary alicyclic amines) is 1. The van der Waals surface area contributed by atoms with E-state index in [1.54, 1.807) is 0 Å². The van der Waals surface area contributed by atoms with E-state index < -0.39 is 0 Å². The summed E-state index contributed by atoms with van der Waals surface area (Å²) in [5.41, 5.74) is 5.77. The Balaban J connectivity index is 1.70. The molecule has 3 N–H and O–H groups in total. The van der Waals surface area contributed by atoms with Crippen molar-refractivity contribution in [2.24, 2.45) is 17.6 Å². The molecule has 0 aromatic rings. The van der Waals surface area contributed by atoms with Crippen molar-refractivity contribution in [2.75, 3.05) is 26.2 Å². The number of rotatable bonds is 4. The molecule has 110 valence electrons. The van der Waals surface area contributed by atoms with Gasteiger partial charge in [-0.2, -0.15) is 0 Å². The van der Waals surface area contributed by atoms with Gasteiger partial charge in [0.25, 0.3) is 0 Å². The van der Waals surface area contributed by atoms with E-state index in [0.29, 0.717) is 24.4 Å².